The lowest BCUT2D eigenvalue weighted by molar-refractivity contribution is 0.103. The Hall–Kier alpha value is -3.39. The minimum absolute atomic E-state index is 0.219. The standard InChI is InChI=1S/C17H12N6OS/c24-17(15-5-4-14(25-15)12-3-1-6-18-9-12)22-13-10-19-11-20-16(13)23-8-2-7-21-23/h1-11H,(H,22,24). The summed E-state index contributed by atoms with van der Waals surface area (Å²) < 4.78 is 1.58. The van der Waals surface area contributed by atoms with Crippen LogP contribution >= 0.6 is 11.3 Å². The summed E-state index contributed by atoms with van der Waals surface area (Å²) >= 11 is 1.40. The largest absolute Gasteiger partial charge is 0.317 e. The van der Waals surface area contributed by atoms with Crippen molar-refractivity contribution in [3.8, 4) is 16.3 Å². The predicted molar refractivity (Wildman–Crippen MR) is 94.7 cm³/mol. The molecule has 25 heavy (non-hydrogen) atoms. The van der Waals surface area contributed by atoms with Gasteiger partial charge in [0.1, 0.15) is 12.0 Å². The topological polar surface area (TPSA) is 85.6 Å². The summed E-state index contributed by atoms with van der Waals surface area (Å²) in [5, 5.41) is 6.99. The molecule has 0 saturated heterocycles. The average Bonchev–Trinajstić information content (AvgIpc) is 3.35. The molecule has 0 aliphatic rings. The second-order valence-corrected chi connectivity index (χ2v) is 6.15. The van der Waals surface area contributed by atoms with Gasteiger partial charge in [-0.15, -0.1) is 11.3 Å². The summed E-state index contributed by atoms with van der Waals surface area (Å²) in [7, 11) is 0. The maximum atomic E-state index is 12.6. The van der Waals surface area contributed by atoms with Crippen molar-refractivity contribution in [2.75, 3.05) is 5.32 Å². The van der Waals surface area contributed by atoms with Gasteiger partial charge in [0, 0.05) is 35.2 Å². The van der Waals surface area contributed by atoms with Crippen LogP contribution in [-0.4, -0.2) is 30.6 Å². The smallest absolute Gasteiger partial charge is 0.265 e. The number of hydrogen-bond acceptors (Lipinski definition) is 6. The van der Waals surface area contributed by atoms with E-state index in [4.69, 9.17) is 0 Å². The monoisotopic (exact) mass is 348 g/mol. The van der Waals surface area contributed by atoms with Gasteiger partial charge in [-0.1, -0.05) is 6.07 Å². The van der Waals surface area contributed by atoms with Gasteiger partial charge in [0.2, 0.25) is 0 Å². The van der Waals surface area contributed by atoms with Crippen molar-refractivity contribution in [2.24, 2.45) is 0 Å². The number of carbonyl (C=O) groups excluding carboxylic acids is 1. The number of rotatable bonds is 4. The van der Waals surface area contributed by atoms with Crippen molar-refractivity contribution in [1.82, 2.24) is 24.7 Å². The van der Waals surface area contributed by atoms with E-state index in [-0.39, 0.29) is 5.91 Å². The Bertz CT molecular complexity index is 997. The summed E-state index contributed by atoms with van der Waals surface area (Å²) in [5.74, 6) is 0.292. The van der Waals surface area contributed by atoms with Crippen molar-refractivity contribution < 1.29 is 4.79 Å². The Kier molecular flexibility index (Phi) is 4.01. The van der Waals surface area contributed by atoms with Crippen LogP contribution in [0.1, 0.15) is 9.67 Å². The molecule has 4 aromatic rings. The maximum absolute atomic E-state index is 12.6. The lowest BCUT2D eigenvalue weighted by Crippen LogP contribution is -2.14. The minimum Gasteiger partial charge on any atom is -0.317 e. The third-order valence-corrected chi connectivity index (χ3v) is 4.57. The van der Waals surface area contributed by atoms with E-state index in [2.05, 4.69) is 25.4 Å². The molecule has 1 N–H and O–H groups in total. The number of anilines is 1. The molecule has 0 aliphatic heterocycles. The van der Waals surface area contributed by atoms with E-state index in [1.807, 2.05) is 18.2 Å². The number of nitrogens with one attached hydrogen (secondary N) is 1. The second-order valence-electron chi connectivity index (χ2n) is 5.07. The van der Waals surface area contributed by atoms with E-state index >= 15 is 0 Å². The molecular weight excluding hydrogens is 336 g/mol. The number of aromatic nitrogens is 5. The van der Waals surface area contributed by atoms with Crippen molar-refractivity contribution in [1.29, 1.82) is 0 Å². The first-order chi connectivity index (χ1) is 12.3. The quantitative estimate of drug-likeness (QED) is 0.613. The molecule has 0 unspecified atom stereocenters. The summed E-state index contributed by atoms with van der Waals surface area (Å²) in [5.41, 5.74) is 1.47. The van der Waals surface area contributed by atoms with Gasteiger partial charge in [0.15, 0.2) is 5.82 Å². The van der Waals surface area contributed by atoms with Crippen molar-refractivity contribution in [3.63, 3.8) is 0 Å². The lowest BCUT2D eigenvalue weighted by Gasteiger charge is -2.08. The maximum Gasteiger partial charge on any atom is 0.265 e. The van der Waals surface area contributed by atoms with Gasteiger partial charge in [0.05, 0.1) is 11.1 Å². The Labute approximate surface area is 147 Å². The van der Waals surface area contributed by atoms with Crippen LogP contribution in [0.2, 0.25) is 0 Å². The number of carbonyl (C=O) groups is 1. The molecule has 0 aliphatic carbocycles. The molecule has 4 rings (SSSR count). The van der Waals surface area contributed by atoms with Crippen LogP contribution in [0.4, 0.5) is 5.69 Å². The van der Waals surface area contributed by atoms with E-state index < -0.39 is 0 Å². The highest BCUT2D eigenvalue weighted by atomic mass is 32.1. The first-order valence-corrected chi connectivity index (χ1v) is 8.24. The van der Waals surface area contributed by atoms with Gasteiger partial charge in [-0.2, -0.15) is 5.10 Å². The zero-order valence-corrected chi connectivity index (χ0v) is 13.7. The van der Waals surface area contributed by atoms with Crippen LogP contribution in [0.5, 0.6) is 0 Å². The minimum atomic E-state index is -0.219. The van der Waals surface area contributed by atoms with E-state index in [0.717, 1.165) is 10.4 Å². The Morgan fingerprint density at radius 2 is 2.04 bits per heavy atom. The molecule has 1 amide bonds. The molecule has 4 aromatic heterocycles. The van der Waals surface area contributed by atoms with Crippen molar-refractivity contribution in [3.05, 3.63) is 72.5 Å². The highest BCUT2D eigenvalue weighted by Crippen LogP contribution is 2.28. The third-order valence-electron chi connectivity index (χ3n) is 3.44. The van der Waals surface area contributed by atoms with Crippen LogP contribution in [0.15, 0.2) is 67.6 Å². The number of amides is 1. The molecule has 0 aromatic carbocycles. The number of nitrogens with zero attached hydrogens (tertiary/aromatic N) is 5. The predicted octanol–water partition coefficient (Wildman–Crippen LogP) is 3.04. The van der Waals surface area contributed by atoms with Crippen LogP contribution in [0.3, 0.4) is 0 Å². The zero-order chi connectivity index (χ0) is 17.1. The number of hydrogen-bond donors (Lipinski definition) is 1. The second kappa shape index (κ2) is 6.62. The third kappa shape index (κ3) is 3.15. The molecule has 8 heteroatoms. The number of pyridine rings is 1. The highest BCUT2D eigenvalue weighted by Gasteiger charge is 2.14. The summed E-state index contributed by atoms with van der Waals surface area (Å²) in [6.45, 7) is 0. The molecule has 0 radical (unpaired) electrons. The average molecular weight is 348 g/mol. The Balaban J connectivity index is 1.59. The van der Waals surface area contributed by atoms with Gasteiger partial charge in [-0.25, -0.2) is 14.6 Å². The molecular formula is C17H12N6OS. The summed E-state index contributed by atoms with van der Waals surface area (Å²) in [4.78, 5) is 26.4. The van der Waals surface area contributed by atoms with Gasteiger partial charge in [-0.3, -0.25) is 9.78 Å². The fourth-order valence-electron chi connectivity index (χ4n) is 2.30. The van der Waals surface area contributed by atoms with Gasteiger partial charge in [-0.05, 0) is 24.3 Å². The van der Waals surface area contributed by atoms with E-state index in [9.17, 15) is 4.79 Å². The molecule has 0 saturated carbocycles. The van der Waals surface area contributed by atoms with E-state index in [1.165, 1.54) is 17.7 Å². The fourth-order valence-corrected chi connectivity index (χ4v) is 3.19. The first-order valence-electron chi connectivity index (χ1n) is 7.43. The zero-order valence-electron chi connectivity index (χ0n) is 12.9. The SMILES string of the molecule is O=C(Nc1cncnc1-n1cccn1)c1ccc(-c2cccnc2)s1. The van der Waals surface area contributed by atoms with Crippen molar-refractivity contribution >= 4 is 22.9 Å². The van der Waals surface area contributed by atoms with Gasteiger partial charge >= 0.3 is 0 Å². The number of thiophene rings is 1. The molecule has 0 fully saturated rings. The van der Waals surface area contributed by atoms with Crippen molar-refractivity contribution in [2.45, 2.75) is 0 Å². The van der Waals surface area contributed by atoms with E-state index in [0.29, 0.717) is 16.4 Å². The summed E-state index contributed by atoms with van der Waals surface area (Å²) in [6, 6.07) is 9.31. The van der Waals surface area contributed by atoms with Gasteiger partial charge in [0.25, 0.3) is 5.91 Å². The Morgan fingerprint density at radius 1 is 1.08 bits per heavy atom. The fraction of sp³-hybridized carbons (Fsp3) is 0. The lowest BCUT2D eigenvalue weighted by atomic mass is 10.2. The molecule has 7 nitrogen and oxygen atoms in total. The van der Waals surface area contributed by atoms with Crippen LogP contribution in [0, 0.1) is 0 Å². The molecule has 122 valence electrons. The highest BCUT2D eigenvalue weighted by molar-refractivity contribution is 7.17. The normalized spacial score (nSPS) is 10.6. The summed E-state index contributed by atoms with van der Waals surface area (Å²) in [6.07, 6.45) is 9.86. The van der Waals surface area contributed by atoms with E-state index in [1.54, 1.807) is 47.8 Å². The molecule has 0 bridgehead atoms. The van der Waals surface area contributed by atoms with Crippen LogP contribution in [-0.2, 0) is 0 Å². The molecule has 0 atom stereocenters. The van der Waals surface area contributed by atoms with Crippen LogP contribution < -0.4 is 5.32 Å². The molecule has 0 spiro atoms. The molecule has 4 heterocycles. The Morgan fingerprint density at radius 3 is 2.84 bits per heavy atom. The van der Waals surface area contributed by atoms with Gasteiger partial charge < -0.3 is 5.32 Å². The van der Waals surface area contributed by atoms with Crippen LogP contribution in [0.25, 0.3) is 16.3 Å². The first kappa shape index (κ1) is 15.2.